The molecule has 0 saturated carbocycles. The summed E-state index contributed by atoms with van der Waals surface area (Å²) in [6, 6.07) is 11.8. The second kappa shape index (κ2) is 8.09. The average molecular weight is 452 g/mol. The standard InChI is InChI=1S/C23H21N3O3S2/c1-12-9-17(14(3)28-12)19-11-18(20-13(2)26-29-22(20)25-19)21(27)24-16-6-4-5-15(10-16)23-30-7-8-31-23/h4-6,9-11,23H,7-8H2,1-3H3,(H,24,27). The van der Waals surface area contributed by atoms with Gasteiger partial charge in [0.1, 0.15) is 11.5 Å². The molecule has 0 spiro atoms. The molecule has 31 heavy (non-hydrogen) atoms. The van der Waals surface area contributed by atoms with Crippen LogP contribution in [-0.2, 0) is 0 Å². The Balaban J connectivity index is 1.53. The number of amides is 1. The fourth-order valence-corrected chi connectivity index (χ4v) is 6.65. The summed E-state index contributed by atoms with van der Waals surface area (Å²) in [7, 11) is 0. The summed E-state index contributed by atoms with van der Waals surface area (Å²) in [5.74, 6) is 3.62. The minimum absolute atomic E-state index is 0.221. The van der Waals surface area contributed by atoms with Crippen LogP contribution >= 0.6 is 23.5 Å². The third-order valence-electron chi connectivity index (χ3n) is 5.22. The van der Waals surface area contributed by atoms with Crippen LogP contribution in [0.2, 0.25) is 0 Å². The Morgan fingerprint density at radius 2 is 1.94 bits per heavy atom. The molecule has 1 amide bonds. The smallest absolute Gasteiger partial charge is 0.259 e. The van der Waals surface area contributed by atoms with E-state index in [0.717, 1.165) is 34.3 Å². The van der Waals surface area contributed by atoms with E-state index < -0.39 is 0 Å². The molecule has 4 aromatic rings. The summed E-state index contributed by atoms with van der Waals surface area (Å²) < 4.78 is 11.5. The van der Waals surface area contributed by atoms with Crippen molar-refractivity contribution < 1.29 is 13.7 Å². The van der Waals surface area contributed by atoms with Gasteiger partial charge in [0.2, 0.25) is 0 Å². The predicted octanol–water partition coefficient (Wildman–Crippen LogP) is 6.14. The molecule has 5 rings (SSSR count). The van der Waals surface area contributed by atoms with Gasteiger partial charge < -0.3 is 14.3 Å². The van der Waals surface area contributed by atoms with Gasteiger partial charge in [0, 0.05) is 22.8 Å². The van der Waals surface area contributed by atoms with Crippen LogP contribution in [0.1, 0.15) is 37.7 Å². The molecule has 0 aliphatic carbocycles. The maximum absolute atomic E-state index is 13.3. The third kappa shape index (κ3) is 3.85. The first-order valence-electron chi connectivity index (χ1n) is 9.98. The van der Waals surface area contributed by atoms with Crippen LogP contribution < -0.4 is 5.32 Å². The van der Waals surface area contributed by atoms with E-state index in [0.29, 0.717) is 32.6 Å². The topological polar surface area (TPSA) is 81.2 Å². The lowest BCUT2D eigenvalue weighted by molar-refractivity contribution is 0.102. The molecule has 6 nitrogen and oxygen atoms in total. The largest absolute Gasteiger partial charge is 0.466 e. The molecule has 8 heteroatoms. The Hall–Kier alpha value is -2.71. The highest BCUT2D eigenvalue weighted by Crippen LogP contribution is 2.45. The lowest BCUT2D eigenvalue weighted by Crippen LogP contribution is -2.13. The summed E-state index contributed by atoms with van der Waals surface area (Å²) in [5.41, 5.74) is 4.89. The Labute approximate surface area is 188 Å². The first-order chi connectivity index (χ1) is 15.0. The van der Waals surface area contributed by atoms with Gasteiger partial charge in [-0.3, -0.25) is 4.79 Å². The van der Waals surface area contributed by atoms with Crippen LogP contribution in [0.25, 0.3) is 22.4 Å². The van der Waals surface area contributed by atoms with Crippen molar-refractivity contribution in [2.24, 2.45) is 0 Å². The van der Waals surface area contributed by atoms with Crippen molar-refractivity contribution in [3.63, 3.8) is 0 Å². The first-order valence-corrected chi connectivity index (χ1v) is 12.1. The molecule has 0 atom stereocenters. The van der Waals surface area contributed by atoms with E-state index in [9.17, 15) is 4.79 Å². The third-order valence-corrected chi connectivity index (χ3v) is 8.32. The lowest BCUT2D eigenvalue weighted by Gasteiger charge is -2.12. The highest BCUT2D eigenvalue weighted by Gasteiger charge is 2.22. The van der Waals surface area contributed by atoms with Crippen molar-refractivity contribution in [1.29, 1.82) is 0 Å². The molecule has 1 aliphatic heterocycles. The highest BCUT2D eigenvalue weighted by molar-refractivity contribution is 8.19. The van der Waals surface area contributed by atoms with E-state index >= 15 is 0 Å². The van der Waals surface area contributed by atoms with Crippen molar-refractivity contribution >= 4 is 46.2 Å². The van der Waals surface area contributed by atoms with Gasteiger partial charge in [-0.25, -0.2) is 4.98 Å². The fraction of sp³-hybridized carbons (Fsp3) is 0.261. The molecule has 1 saturated heterocycles. The molecule has 1 aromatic carbocycles. The highest BCUT2D eigenvalue weighted by atomic mass is 32.2. The molecule has 158 valence electrons. The van der Waals surface area contributed by atoms with Crippen LogP contribution in [0.4, 0.5) is 5.69 Å². The second-order valence-electron chi connectivity index (χ2n) is 7.48. The van der Waals surface area contributed by atoms with Crippen molar-refractivity contribution in [3.05, 3.63) is 64.7 Å². The van der Waals surface area contributed by atoms with Crippen LogP contribution in [0.15, 0.2) is 45.3 Å². The quantitative estimate of drug-likeness (QED) is 0.399. The molecule has 0 unspecified atom stereocenters. The number of aryl methyl sites for hydroxylation is 3. The van der Waals surface area contributed by atoms with Crippen molar-refractivity contribution in [2.45, 2.75) is 25.4 Å². The molecule has 0 bridgehead atoms. The van der Waals surface area contributed by atoms with Gasteiger partial charge in [-0.1, -0.05) is 17.3 Å². The Bertz CT molecular complexity index is 1290. The minimum Gasteiger partial charge on any atom is -0.466 e. The fourth-order valence-electron chi connectivity index (χ4n) is 3.81. The van der Waals surface area contributed by atoms with Crippen LogP contribution in [0.3, 0.4) is 0 Å². The number of benzene rings is 1. The summed E-state index contributed by atoms with van der Waals surface area (Å²) in [6.45, 7) is 5.58. The number of aromatic nitrogens is 2. The zero-order valence-corrected chi connectivity index (χ0v) is 19.0. The van der Waals surface area contributed by atoms with E-state index in [1.165, 1.54) is 5.56 Å². The Morgan fingerprint density at radius 1 is 1.13 bits per heavy atom. The number of furan rings is 1. The number of anilines is 1. The number of nitrogens with one attached hydrogen (secondary N) is 1. The van der Waals surface area contributed by atoms with Gasteiger partial charge in [0.15, 0.2) is 0 Å². The number of pyridine rings is 1. The summed E-state index contributed by atoms with van der Waals surface area (Å²) in [4.78, 5) is 17.9. The number of hydrogen-bond acceptors (Lipinski definition) is 7. The number of nitrogens with zero attached hydrogens (tertiary/aromatic N) is 2. The normalized spacial score (nSPS) is 14.4. The number of fused-ring (bicyclic) bond motifs is 1. The minimum atomic E-state index is -0.221. The van der Waals surface area contributed by atoms with Gasteiger partial charge in [0.05, 0.1) is 26.9 Å². The van der Waals surface area contributed by atoms with Crippen molar-refractivity contribution in [3.8, 4) is 11.3 Å². The van der Waals surface area contributed by atoms with E-state index in [2.05, 4.69) is 27.6 Å². The number of carbonyl (C=O) groups is 1. The summed E-state index contributed by atoms with van der Waals surface area (Å²) >= 11 is 3.88. The zero-order valence-electron chi connectivity index (χ0n) is 17.4. The lowest BCUT2D eigenvalue weighted by atomic mass is 10.1. The predicted molar refractivity (Wildman–Crippen MR) is 126 cm³/mol. The van der Waals surface area contributed by atoms with Gasteiger partial charge in [-0.05, 0) is 50.6 Å². The zero-order chi connectivity index (χ0) is 21.5. The SMILES string of the molecule is Cc1cc(-c2cc(C(=O)Nc3cccc(C4SCCS4)c3)c3c(C)noc3n2)c(C)o1. The molecule has 4 heterocycles. The number of rotatable bonds is 4. The van der Waals surface area contributed by atoms with Crippen LogP contribution in [0.5, 0.6) is 0 Å². The second-order valence-corrected chi connectivity index (χ2v) is 10.2. The van der Waals surface area contributed by atoms with Crippen LogP contribution in [-0.4, -0.2) is 27.6 Å². The number of hydrogen-bond donors (Lipinski definition) is 1. The molecule has 1 fully saturated rings. The molecule has 0 radical (unpaired) electrons. The number of thioether (sulfide) groups is 2. The van der Waals surface area contributed by atoms with Crippen LogP contribution in [0, 0.1) is 20.8 Å². The van der Waals surface area contributed by atoms with Crippen molar-refractivity contribution in [1.82, 2.24) is 10.1 Å². The van der Waals surface area contributed by atoms with Gasteiger partial charge in [-0.2, -0.15) is 0 Å². The van der Waals surface area contributed by atoms with E-state index in [-0.39, 0.29) is 5.91 Å². The van der Waals surface area contributed by atoms with E-state index in [1.54, 1.807) is 6.07 Å². The van der Waals surface area contributed by atoms with Crippen molar-refractivity contribution in [2.75, 3.05) is 16.8 Å². The molecule has 1 aliphatic rings. The molecule has 1 N–H and O–H groups in total. The summed E-state index contributed by atoms with van der Waals surface area (Å²) in [6.07, 6.45) is 0. The van der Waals surface area contributed by atoms with E-state index in [1.807, 2.05) is 62.5 Å². The average Bonchev–Trinajstić information content (AvgIpc) is 3.48. The molecular weight excluding hydrogens is 430 g/mol. The molecular formula is C23H21N3O3S2. The number of carbonyl (C=O) groups excluding carboxylic acids is 1. The maximum atomic E-state index is 13.3. The van der Waals surface area contributed by atoms with E-state index in [4.69, 9.17) is 8.94 Å². The molecule has 3 aromatic heterocycles. The monoisotopic (exact) mass is 451 g/mol. The maximum Gasteiger partial charge on any atom is 0.259 e. The summed E-state index contributed by atoms with van der Waals surface area (Å²) in [5, 5.41) is 7.70. The van der Waals surface area contributed by atoms with Gasteiger partial charge >= 0.3 is 0 Å². The Morgan fingerprint density at radius 3 is 2.68 bits per heavy atom. The first kappa shape index (κ1) is 20.2. The van der Waals surface area contributed by atoms with Gasteiger partial charge in [0.25, 0.3) is 11.6 Å². The Kier molecular flexibility index (Phi) is 5.27. The van der Waals surface area contributed by atoms with Gasteiger partial charge in [-0.15, -0.1) is 23.5 Å².